The standard InChI is InChI=1S/2C2H4O2.2CH4O/c2*1-2(3)4;2*1-2/h2*1H3,(H,3,4);2*2H,1H3. The predicted octanol–water partition coefficient (Wildman–Crippen LogP) is -0.601. The van der Waals surface area contributed by atoms with Crippen molar-refractivity contribution in [1.82, 2.24) is 0 Å². The Labute approximate surface area is 71.1 Å². The highest BCUT2D eigenvalue weighted by atomic mass is 16.4. The van der Waals surface area contributed by atoms with Crippen LogP contribution in [0.25, 0.3) is 0 Å². The van der Waals surface area contributed by atoms with E-state index in [-0.39, 0.29) is 0 Å². The van der Waals surface area contributed by atoms with Gasteiger partial charge in [-0.05, 0) is 0 Å². The fraction of sp³-hybridized carbons (Fsp3) is 0.667. The van der Waals surface area contributed by atoms with Crippen LogP contribution in [0.15, 0.2) is 0 Å². The van der Waals surface area contributed by atoms with Crippen molar-refractivity contribution in [3.63, 3.8) is 0 Å². The molecule has 0 radical (unpaired) electrons. The van der Waals surface area contributed by atoms with Crippen LogP contribution in [0, 0.1) is 0 Å². The summed E-state index contributed by atoms with van der Waals surface area (Å²) in [6.07, 6.45) is 0. The second-order valence-electron chi connectivity index (χ2n) is 1.04. The van der Waals surface area contributed by atoms with Crippen LogP contribution in [0.3, 0.4) is 0 Å². The first-order chi connectivity index (χ1) is 5.46. The van der Waals surface area contributed by atoms with E-state index in [0.717, 1.165) is 28.1 Å². The summed E-state index contributed by atoms with van der Waals surface area (Å²) in [6.45, 7) is 2.17. The van der Waals surface area contributed by atoms with Gasteiger partial charge in [-0.25, -0.2) is 0 Å². The molecule has 0 unspecified atom stereocenters. The molecule has 0 heterocycles. The van der Waals surface area contributed by atoms with Gasteiger partial charge in [-0.15, -0.1) is 0 Å². The van der Waals surface area contributed by atoms with Crippen molar-refractivity contribution in [1.29, 1.82) is 0 Å². The molecule has 0 atom stereocenters. The fourth-order valence-corrected chi connectivity index (χ4v) is 0. The summed E-state index contributed by atoms with van der Waals surface area (Å²) in [4.78, 5) is 18.0. The van der Waals surface area contributed by atoms with E-state index in [2.05, 4.69) is 0 Å². The molecule has 0 aliphatic carbocycles. The van der Waals surface area contributed by atoms with E-state index in [4.69, 9.17) is 30.0 Å². The summed E-state index contributed by atoms with van der Waals surface area (Å²) in [5.74, 6) is -1.67. The Hall–Kier alpha value is -1.14. The van der Waals surface area contributed by atoms with Gasteiger partial charge in [0, 0.05) is 28.1 Å². The lowest BCUT2D eigenvalue weighted by Crippen LogP contribution is -1.78. The quantitative estimate of drug-likeness (QED) is 0.399. The summed E-state index contributed by atoms with van der Waals surface area (Å²) in [5.41, 5.74) is 0. The Morgan fingerprint density at radius 3 is 0.750 bits per heavy atom. The number of carbonyl (C=O) groups is 2. The maximum atomic E-state index is 9.00. The van der Waals surface area contributed by atoms with Crippen molar-refractivity contribution in [2.45, 2.75) is 13.8 Å². The van der Waals surface area contributed by atoms with Gasteiger partial charge in [-0.2, -0.15) is 0 Å². The molecule has 4 N–H and O–H groups in total. The molecule has 6 heteroatoms. The number of carboxylic acid groups (broad SMARTS) is 2. The monoisotopic (exact) mass is 184 g/mol. The highest BCUT2D eigenvalue weighted by Gasteiger charge is 1.65. The van der Waals surface area contributed by atoms with E-state index in [1.807, 2.05) is 0 Å². The zero-order valence-corrected chi connectivity index (χ0v) is 7.61. The van der Waals surface area contributed by atoms with Gasteiger partial charge in [0.05, 0.1) is 0 Å². The number of rotatable bonds is 0. The van der Waals surface area contributed by atoms with E-state index >= 15 is 0 Å². The fourth-order valence-electron chi connectivity index (χ4n) is 0. The lowest BCUT2D eigenvalue weighted by atomic mass is 10.9. The minimum absolute atomic E-state index is 0.833. The van der Waals surface area contributed by atoms with Crippen molar-refractivity contribution in [2.75, 3.05) is 14.2 Å². The second kappa shape index (κ2) is 32.8. The van der Waals surface area contributed by atoms with Gasteiger partial charge in [0.2, 0.25) is 0 Å². The van der Waals surface area contributed by atoms with Gasteiger partial charge >= 0.3 is 0 Å². The molecule has 0 rings (SSSR count). The van der Waals surface area contributed by atoms with Crippen molar-refractivity contribution >= 4 is 11.9 Å². The second-order valence-corrected chi connectivity index (χ2v) is 1.04. The van der Waals surface area contributed by atoms with Gasteiger partial charge in [0.25, 0.3) is 11.9 Å². The molecule has 0 amide bonds. The Balaban J connectivity index is -0.0000000380. The number of aliphatic hydroxyl groups is 2. The van der Waals surface area contributed by atoms with Crippen LogP contribution in [0.4, 0.5) is 0 Å². The van der Waals surface area contributed by atoms with Crippen LogP contribution in [0.1, 0.15) is 13.8 Å². The Kier molecular flexibility index (Phi) is 61.3. The average molecular weight is 184 g/mol. The minimum Gasteiger partial charge on any atom is -0.481 e. The molecule has 6 nitrogen and oxygen atoms in total. The Morgan fingerprint density at radius 1 is 0.750 bits per heavy atom. The highest BCUT2D eigenvalue weighted by Crippen LogP contribution is 1.42. The Bertz CT molecular complexity index is 70.0. The molecule has 0 aromatic rings. The third-order valence-electron chi connectivity index (χ3n) is 0. The van der Waals surface area contributed by atoms with Crippen LogP contribution in [-0.2, 0) is 9.59 Å². The maximum Gasteiger partial charge on any atom is 0.300 e. The zero-order valence-electron chi connectivity index (χ0n) is 7.61. The van der Waals surface area contributed by atoms with Crippen molar-refractivity contribution in [2.24, 2.45) is 0 Å². The highest BCUT2D eigenvalue weighted by molar-refractivity contribution is 5.63. The normalized spacial score (nSPS) is 5.17. The summed E-state index contributed by atoms with van der Waals surface area (Å²) >= 11 is 0. The molecule has 12 heavy (non-hydrogen) atoms. The maximum absolute atomic E-state index is 9.00. The SMILES string of the molecule is CC(=O)O.CC(=O)O.CO.CO. The molecular weight excluding hydrogens is 168 g/mol. The van der Waals surface area contributed by atoms with E-state index < -0.39 is 11.9 Å². The van der Waals surface area contributed by atoms with Gasteiger partial charge in [-0.3, -0.25) is 9.59 Å². The molecule has 0 saturated carbocycles. The van der Waals surface area contributed by atoms with Crippen LogP contribution in [0.2, 0.25) is 0 Å². The van der Waals surface area contributed by atoms with Crippen LogP contribution < -0.4 is 0 Å². The van der Waals surface area contributed by atoms with Gasteiger partial charge in [0.15, 0.2) is 0 Å². The van der Waals surface area contributed by atoms with Crippen molar-refractivity contribution in [3.8, 4) is 0 Å². The smallest absolute Gasteiger partial charge is 0.300 e. The van der Waals surface area contributed by atoms with Crippen LogP contribution in [0.5, 0.6) is 0 Å². The Morgan fingerprint density at radius 2 is 0.750 bits per heavy atom. The number of aliphatic hydroxyl groups excluding tert-OH is 2. The van der Waals surface area contributed by atoms with E-state index in [1.165, 1.54) is 0 Å². The first-order valence-electron chi connectivity index (χ1n) is 2.75. The molecule has 0 aromatic heterocycles. The third-order valence-corrected chi connectivity index (χ3v) is 0. The molecule has 0 aromatic carbocycles. The lowest BCUT2D eigenvalue weighted by Gasteiger charge is -1.59. The molecule has 0 aliphatic heterocycles. The summed E-state index contributed by atoms with van der Waals surface area (Å²) < 4.78 is 0. The molecule has 0 aliphatic rings. The predicted molar refractivity (Wildman–Crippen MR) is 42.9 cm³/mol. The molecule has 0 bridgehead atoms. The summed E-state index contributed by atoms with van der Waals surface area (Å²) in [6, 6.07) is 0. The molecular formula is C6H16O6. The largest absolute Gasteiger partial charge is 0.481 e. The van der Waals surface area contributed by atoms with Gasteiger partial charge in [0.1, 0.15) is 0 Å². The van der Waals surface area contributed by atoms with E-state index in [9.17, 15) is 0 Å². The summed E-state index contributed by atoms with van der Waals surface area (Å²) in [7, 11) is 2.00. The molecule has 0 saturated heterocycles. The molecule has 0 fully saturated rings. The average Bonchev–Trinajstić information content (AvgIpc) is 1.93. The minimum atomic E-state index is -0.833. The summed E-state index contributed by atoms with van der Waals surface area (Å²) in [5, 5.41) is 28.8. The van der Waals surface area contributed by atoms with Gasteiger partial charge < -0.3 is 20.4 Å². The first-order valence-corrected chi connectivity index (χ1v) is 2.75. The molecule has 0 spiro atoms. The first kappa shape index (κ1) is 22.4. The van der Waals surface area contributed by atoms with Gasteiger partial charge in [-0.1, -0.05) is 0 Å². The van der Waals surface area contributed by atoms with E-state index in [1.54, 1.807) is 0 Å². The zero-order chi connectivity index (χ0) is 11.2. The number of hydrogen-bond donors (Lipinski definition) is 4. The van der Waals surface area contributed by atoms with E-state index in [0.29, 0.717) is 0 Å². The number of carboxylic acids is 2. The number of aliphatic carboxylic acids is 2. The topological polar surface area (TPSA) is 115 Å². The van der Waals surface area contributed by atoms with Crippen molar-refractivity contribution in [3.05, 3.63) is 0 Å². The van der Waals surface area contributed by atoms with Crippen LogP contribution >= 0.6 is 0 Å². The van der Waals surface area contributed by atoms with Crippen molar-refractivity contribution < 1.29 is 30.0 Å². The molecule has 76 valence electrons. The third kappa shape index (κ3) is 421. The lowest BCUT2D eigenvalue weighted by molar-refractivity contribution is -0.135. The van der Waals surface area contributed by atoms with Crippen LogP contribution in [-0.4, -0.2) is 46.6 Å². The number of hydrogen-bond acceptors (Lipinski definition) is 4.